The molecule has 1 atom stereocenters. The summed E-state index contributed by atoms with van der Waals surface area (Å²) in [5.74, 6) is 6.77. The minimum Gasteiger partial charge on any atom is -0.508 e. The maximum atomic E-state index is 10.1. The number of aliphatic hydroxyl groups is 1. The maximum absolute atomic E-state index is 10.1. The number of ether oxygens (including phenoxy) is 1. The van der Waals surface area contributed by atoms with E-state index in [1.165, 1.54) is 0 Å². The van der Waals surface area contributed by atoms with E-state index in [1.807, 2.05) is 23.6 Å². The van der Waals surface area contributed by atoms with E-state index in [0.29, 0.717) is 47.1 Å². The monoisotopic (exact) mass is 477 g/mol. The first-order valence-electron chi connectivity index (χ1n) is 11.1. The molecular weight excluding hydrogens is 450 g/mol. The number of hydrogen-bond acceptors (Lipinski definition) is 10. The van der Waals surface area contributed by atoms with E-state index in [0.717, 1.165) is 5.56 Å². The molecule has 0 fully saturated rings. The van der Waals surface area contributed by atoms with Crippen LogP contribution in [0.3, 0.4) is 0 Å². The van der Waals surface area contributed by atoms with Crippen LogP contribution in [0.1, 0.15) is 32.0 Å². The highest BCUT2D eigenvalue weighted by Gasteiger charge is 2.22. The van der Waals surface area contributed by atoms with Crippen molar-refractivity contribution in [2.24, 2.45) is 5.73 Å². The fourth-order valence-electron chi connectivity index (χ4n) is 3.51. The smallest absolute Gasteiger partial charge is 0.216 e. The van der Waals surface area contributed by atoms with Crippen molar-refractivity contribution in [3.05, 3.63) is 41.6 Å². The highest BCUT2D eigenvalue weighted by molar-refractivity contribution is 5.86. The van der Waals surface area contributed by atoms with Gasteiger partial charge < -0.3 is 31.0 Å². The maximum Gasteiger partial charge on any atom is 0.216 e. The molecule has 11 heteroatoms. The molecule has 1 aromatic carbocycles. The van der Waals surface area contributed by atoms with Gasteiger partial charge in [-0.05, 0) is 61.1 Å². The number of phenols is 1. The highest BCUT2D eigenvalue weighted by atomic mass is 16.6. The van der Waals surface area contributed by atoms with E-state index < -0.39 is 5.60 Å². The number of hydrogen-bond donors (Lipinski definition) is 4. The molecule has 0 aliphatic rings. The molecule has 11 nitrogen and oxygen atoms in total. The standard InChI is InChI=1S/C24H27N7O4/c1-4-31-18-12-19(34-13-15(25)11-14-5-7-16(32)8-6-14)27-17(9-10-24(2,3)33)20(18)28-23(31)21-22(26)30-35-29-21/h5-8,12,15,32-33H,4,11,13,25H2,1-3H3,(H2,26,30)/t15-/m1/s1. The van der Waals surface area contributed by atoms with Gasteiger partial charge in [0.2, 0.25) is 5.88 Å². The second kappa shape index (κ2) is 9.61. The zero-order valence-corrected chi connectivity index (χ0v) is 19.7. The van der Waals surface area contributed by atoms with Crippen molar-refractivity contribution >= 4 is 16.9 Å². The third-order valence-electron chi connectivity index (χ3n) is 5.12. The summed E-state index contributed by atoms with van der Waals surface area (Å²) in [6.07, 6.45) is 0.559. The third kappa shape index (κ3) is 5.51. The molecule has 182 valence electrons. The lowest BCUT2D eigenvalue weighted by Gasteiger charge is -2.14. The van der Waals surface area contributed by atoms with E-state index in [1.54, 1.807) is 32.0 Å². The normalized spacial score (nSPS) is 12.4. The predicted molar refractivity (Wildman–Crippen MR) is 129 cm³/mol. The van der Waals surface area contributed by atoms with Crippen molar-refractivity contribution in [3.63, 3.8) is 0 Å². The molecule has 3 aromatic heterocycles. The third-order valence-corrected chi connectivity index (χ3v) is 5.12. The second-order valence-electron chi connectivity index (χ2n) is 8.61. The van der Waals surface area contributed by atoms with Crippen LogP contribution in [0.4, 0.5) is 5.82 Å². The Balaban J connectivity index is 1.69. The average molecular weight is 478 g/mol. The minimum absolute atomic E-state index is 0.115. The molecule has 0 saturated heterocycles. The molecule has 4 rings (SSSR count). The van der Waals surface area contributed by atoms with Gasteiger partial charge in [0, 0.05) is 18.7 Å². The van der Waals surface area contributed by atoms with Crippen LogP contribution >= 0.6 is 0 Å². The van der Waals surface area contributed by atoms with E-state index in [4.69, 9.17) is 20.8 Å². The molecule has 0 aliphatic heterocycles. The largest absolute Gasteiger partial charge is 0.508 e. The van der Waals surface area contributed by atoms with Gasteiger partial charge in [-0.3, -0.25) is 0 Å². The number of imidazole rings is 1. The van der Waals surface area contributed by atoms with Gasteiger partial charge in [0.15, 0.2) is 17.3 Å². The number of nitrogen functional groups attached to an aromatic ring is 1. The molecule has 3 heterocycles. The van der Waals surface area contributed by atoms with Crippen molar-refractivity contribution in [3.8, 4) is 35.0 Å². The summed E-state index contributed by atoms with van der Waals surface area (Å²) in [4.78, 5) is 9.18. The van der Waals surface area contributed by atoms with Crippen LogP contribution < -0.4 is 16.2 Å². The SMILES string of the molecule is CCn1c(-c2nonc2N)nc2c(C#CC(C)(C)O)nc(OC[C@H](N)Cc3ccc(O)cc3)cc21. The number of benzene rings is 1. The Morgan fingerprint density at radius 2 is 1.94 bits per heavy atom. The second-order valence-corrected chi connectivity index (χ2v) is 8.61. The Labute approximate surface area is 201 Å². The Hall–Kier alpha value is -4.14. The number of phenolic OH excluding ortho intramolecular Hbond substituents is 1. The molecule has 0 aliphatic carbocycles. The van der Waals surface area contributed by atoms with Crippen LogP contribution in [0.5, 0.6) is 11.6 Å². The molecular formula is C24H27N7O4. The molecule has 0 spiro atoms. The van der Waals surface area contributed by atoms with Crippen LogP contribution in [0, 0.1) is 11.8 Å². The number of aryl methyl sites for hydroxylation is 1. The summed E-state index contributed by atoms with van der Waals surface area (Å²) in [6.45, 7) is 5.85. The lowest BCUT2D eigenvalue weighted by molar-refractivity contribution is 0.143. The van der Waals surface area contributed by atoms with Crippen LogP contribution in [-0.4, -0.2) is 53.3 Å². The quantitative estimate of drug-likeness (QED) is 0.288. The Bertz CT molecular complexity index is 1390. The van der Waals surface area contributed by atoms with E-state index in [2.05, 4.69) is 32.1 Å². The number of pyridine rings is 1. The number of aromatic hydroxyl groups is 1. The summed E-state index contributed by atoms with van der Waals surface area (Å²) in [7, 11) is 0. The zero-order chi connectivity index (χ0) is 25.2. The summed E-state index contributed by atoms with van der Waals surface area (Å²) in [5, 5.41) is 27.1. The van der Waals surface area contributed by atoms with E-state index in [9.17, 15) is 10.2 Å². The summed E-state index contributed by atoms with van der Waals surface area (Å²) in [6, 6.07) is 8.31. The number of nitrogens with two attached hydrogens (primary N) is 2. The van der Waals surface area contributed by atoms with Crippen LogP contribution in [0.15, 0.2) is 35.0 Å². The lowest BCUT2D eigenvalue weighted by Crippen LogP contribution is -2.30. The van der Waals surface area contributed by atoms with Gasteiger partial charge in [0.1, 0.15) is 29.2 Å². The molecule has 0 amide bonds. The summed E-state index contributed by atoms with van der Waals surface area (Å²) >= 11 is 0. The van der Waals surface area contributed by atoms with Crippen molar-refractivity contribution in [1.82, 2.24) is 24.8 Å². The van der Waals surface area contributed by atoms with Crippen molar-refractivity contribution in [2.45, 2.75) is 45.4 Å². The molecule has 4 aromatic rings. The Morgan fingerprint density at radius 3 is 2.57 bits per heavy atom. The lowest BCUT2D eigenvalue weighted by atomic mass is 10.1. The molecule has 6 N–H and O–H groups in total. The number of fused-ring (bicyclic) bond motifs is 1. The number of nitrogens with zero attached hydrogens (tertiary/aromatic N) is 5. The molecule has 35 heavy (non-hydrogen) atoms. The van der Waals surface area contributed by atoms with Crippen LogP contribution in [0.25, 0.3) is 22.6 Å². The molecule has 0 radical (unpaired) electrons. The summed E-state index contributed by atoms with van der Waals surface area (Å²) in [5.41, 5.74) is 13.8. The van der Waals surface area contributed by atoms with Gasteiger partial charge in [-0.15, -0.1) is 0 Å². The van der Waals surface area contributed by atoms with Gasteiger partial charge in [-0.1, -0.05) is 18.1 Å². The number of aromatic nitrogens is 5. The van der Waals surface area contributed by atoms with Crippen LogP contribution in [-0.2, 0) is 13.0 Å². The first-order valence-corrected chi connectivity index (χ1v) is 11.1. The first kappa shape index (κ1) is 24.0. The van der Waals surface area contributed by atoms with Gasteiger partial charge in [-0.25, -0.2) is 14.6 Å². The average Bonchev–Trinajstić information content (AvgIpc) is 3.39. The highest BCUT2D eigenvalue weighted by Crippen LogP contribution is 2.30. The van der Waals surface area contributed by atoms with E-state index in [-0.39, 0.29) is 24.2 Å². The van der Waals surface area contributed by atoms with Crippen molar-refractivity contribution in [1.29, 1.82) is 0 Å². The predicted octanol–water partition coefficient (Wildman–Crippen LogP) is 1.86. The van der Waals surface area contributed by atoms with E-state index >= 15 is 0 Å². The fourth-order valence-corrected chi connectivity index (χ4v) is 3.51. The van der Waals surface area contributed by atoms with Gasteiger partial charge in [0.25, 0.3) is 0 Å². The Kier molecular flexibility index (Phi) is 6.59. The van der Waals surface area contributed by atoms with Crippen molar-refractivity contribution in [2.75, 3.05) is 12.3 Å². The number of anilines is 1. The fraction of sp³-hybridized carbons (Fsp3) is 0.333. The van der Waals surface area contributed by atoms with Gasteiger partial charge in [0.05, 0.1) is 5.52 Å². The molecule has 0 unspecified atom stereocenters. The van der Waals surface area contributed by atoms with Gasteiger partial charge in [-0.2, -0.15) is 0 Å². The Morgan fingerprint density at radius 1 is 1.20 bits per heavy atom. The number of rotatable bonds is 7. The zero-order valence-electron chi connectivity index (χ0n) is 19.7. The molecule has 0 saturated carbocycles. The van der Waals surface area contributed by atoms with Crippen molar-refractivity contribution < 1.29 is 19.6 Å². The van der Waals surface area contributed by atoms with Gasteiger partial charge >= 0.3 is 0 Å². The molecule has 0 bridgehead atoms. The first-order chi connectivity index (χ1) is 16.6. The summed E-state index contributed by atoms with van der Waals surface area (Å²) < 4.78 is 12.6. The minimum atomic E-state index is -1.23. The topological polar surface area (TPSA) is 171 Å². The van der Waals surface area contributed by atoms with Crippen LogP contribution in [0.2, 0.25) is 0 Å².